The Morgan fingerprint density at radius 3 is 2.27 bits per heavy atom. The van der Waals surface area contributed by atoms with Gasteiger partial charge >= 0.3 is 6.03 Å². The largest absolute Gasteiger partial charge is 0.336 e. The lowest BCUT2D eigenvalue weighted by Crippen LogP contribution is -2.57. The summed E-state index contributed by atoms with van der Waals surface area (Å²) in [6, 6.07) is -1.71. The molecule has 148 valence electrons. The van der Waals surface area contributed by atoms with E-state index < -0.39 is 36.0 Å². The zero-order valence-electron chi connectivity index (χ0n) is 15.5. The molecule has 3 aliphatic rings. The molecule has 1 aliphatic heterocycles. The van der Waals surface area contributed by atoms with Crippen molar-refractivity contribution in [2.24, 2.45) is 11.1 Å². The van der Waals surface area contributed by atoms with Gasteiger partial charge in [-0.1, -0.05) is 13.3 Å². The Bertz CT molecular complexity index is 551. The van der Waals surface area contributed by atoms with Gasteiger partial charge in [-0.05, 0) is 43.9 Å². The molecule has 1 spiro atoms. The van der Waals surface area contributed by atoms with Crippen molar-refractivity contribution in [2.75, 3.05) is 13.1 Å². The molecule has 0 unspecified atom stereocenters. The number of carbonyl (C=O) groups excluding carboxylic acids is 2. The van der Waals surface area contributed by atoms with Crippen LogP contribution in [0.15, 0.2) is 0 Å². The van der Waals surface area contributed by atoms with Crippen molar-refractivity contribution < 1.29 is 18.4 Å². The summed E-state index contributed by atoms with van der Waals surface area (Å²) in [5, 5.41) is 5.14. The van der Waals surface area contributed by atoms with Gasteiger partial charge in [-0.15, -0.1) is 0 Å². The zero-order valence-corrected chi connectivity index (χ0v) is 15.5. The maximum Gasteiger partial charge on any atom is 0.318 e. The van der Waals surface area contributed by atoms with Crippen LogP contribution in [0.5, 0.6) is 0 Å². The fraction of sp³-hybridized carbons (Fsp3) is 0.889. The van der Waals surface area contributed by atoms with Gasteiger partial charge in [0, 0.05) is 25.9 Å². The van der Waals surface area contributed by atoms with Crippen LogP contribution in [0, 0.1) is 5.41 Å². The van der Waals surface area contributed by atoms with E-state index in [1.54, 1.807) is 11.8 Å². The van der Waals surface area contributed by atoms with E-state index in [1.165, 1.54) is 12.8 Å². The first kappa shape index (κ1) is 19.3. The van der Waals surface area contributed by atoms with Crippen molar-refractivity contribution in [3.63, 3.8) is 0 Å². The van der Waals surface area contributed by atoms with Crippen LogP contribution in [-0.2, 0) is 4.79 Å². The fourth-order valence-corrected chi connectivity index (χ4v) is 3.67. The number of halogens is 2. The Hall–Kier alpha value is -1.44. The van der Waals surface area contributed by atoms with E-state index in [-0.39, 0.29) is 6.42 Å². The molecule has 2 saturated carbocycles. The molecule has 3 fully saturated rings. The van der Waals surface area contributed by atoms with Crippen molar-refractivity contribution >= 4 is 11.9 Å². The predicted molar refractivity (Wildman–Crippen MR) is 93.6 cm³/mol. The second kappa shape index (κ2) is 6.94. The van der Waals surface area contributed by atoms with Crippen LogP contribution in [0.25, 0.3) is 0 Å². The minimum atomic E-state index is -3.00. The van der Waals surface area contributed by atoms with Crippen LogP contribution >= 0.6 is 0 Å². The number of nitrogens with two attached hydrogens (primary N) is 1. The maximum absolute atomic E-state index is 14.1. The third-order valence-electron chi connectivity index (χ3n) is 5.96. The Morgan fingerprint density at radius 2 is 1.77 bits per heavy atom. The Kier molecular flexibility index (Phi) is 5.16. The number of piperidine rings is 1. The number of hydrogen-bond acceptors (Lipinski definition) is 3. The molecule has 2 aliphatic carbocycles. The molecule has 6 nitrogen and oxygen atoms in total. The second-order valence-corrected chi connectivity index (χ2v) is 8.44. The van der Waals surface area contributed by atoms with E-state index in [4.69, 9.17) is 5.73 Å². The summed E-state index contributed by atoms with van der Waals surface area (Å²) in [5.74, 6) is -3.63. The van der Waals surface area contributed by atoms with Crippen LogP contribution in [0.1, 0.15) is 64.7 Å². The van der Waals surface area contributed by atoms with Crippen molar-refractivity contribution in [3.8, 4) is 0 Å². The molecule has 0 radical (unpaired) electrons. The normalized spacial score (nSPS) is 24.1. The van der Waals surface area contributed by atoms with Crippen LogP contribution in [-0.4, -0.2) is 47.6 Å². The van der Waals surface area contributed by atoms with E-state index in [0.717, 1.165) is 12.8 Å². The van der Waals surface area contributed by atoms with Crippen LogP contribution < -0.4 is 16.4 Å². The first-order chi connectivity index (χ1) is 12.2. The Morgan fingerprint density at radius 1 is 1.15 bits per heavy atom. The second-order valence-electron chi connectivity index (χ2n) is 8.44. The SMILES string of the molecule is CCCC(F)(F)C[C@H](NC(=O)N1CCC2(CC1)CC2)C(=O)NC1(N)CC1. The van der Waals surface area contributed by atoms with Gasteiger partial charge in [-0.2, -0.15) is 0 Å². The van der Waals surface area contributed by atoms with Gasteiger partial charge in [0.05, 0.1) is 5.66 Å². The van der Waals surface area contributed by atoms with E-state index in [1.807, 2.05) is 0 Å². The van der Waals surface area contributed by atoms with E-state index in [2.05, 4.69) is 10.6 Å². The Balaban J connectivity index is 1.59. The summed E-state index contributed by atoms with van der Waals surface area (Å²) in [5.41, 5.74) is 5.49. The lowest BCUT2D eigenvalue weighted by molar-refractivity contribution is -0.127. The van der Waals surface area contributed by atoms with E-state index in [9.17, 15) is 18.4 Å². The third kappa shape index (κ3) is 4.84. The molecule has 8 heteroatoms. The van der Waals surface area contributed by atoms with Crippen LogP contribution in [0.3, 0.4) is 0 Å². The number of carbonyl (C=O) groups is 2. The molecule has 26 heavy (non-hydrogen) atoms. The van der Waals surface area contributed by atoms with E-state index in [0.29, 0.717) is 37.8 Å². The smallest absolute Gasteiger partial charge is 0.318 e. The van der Waals surface area contributed by atoms with Gasteiger partial charge in [0.1, 0.15) is 6.04 Å². The highest BCUT2D eigenvalue weighted by atomic mass is 19.3. The lowest BCUT2D eigenvalue weighted by atomic mass is 9.94. The highest BCUT2D eigenvalue weighted by molar-refractivity contribution is 5.87. The quantitative estimate of drug-likeness (QED) is 0.600. The first-order valence-electron chi connectivity index (χ1n) is 9.70. The number of likely N-dealkylation sites (tertiary alicyclic amines) is 1. The summed E-state index contributed by atoms with van der Waals surface area (Å²) in [6.45, 7) is 2.90. The predicted octanol–water partition coefficient (Wildman–Crippen LogP) is 2.33. The highest BCUT2D eigenvalue weighted by Crippen LogP contribution is 2.53. The molecular formula is C18H30F2N4O2. The molecule has 0 bridgehead atoms. The maximum atomic E-state index is 14.1. The number of nitrogens with zero attached hydrogens (tertiary/aromatic N) is 1. The topological polar surface area (TPSA) is 87.5 Å². The average Bonchev–Trinajstić information content (AvgIpc) is 3.47. The number of urea groups is 1. The molecule has 0 aromatic carbocycles. The van der Waals surface area contributed by atoms with Crippen molar-refractivity contribution in [1.82, 2.24) is 15.5 Å². The van der Waals surface area contributed by atoms with Crippen molar-refractivity contribution in [1.29, 1.82) is 0 Å². The van der Waals surface area contributed by atoms with Gasteiger partial charge < -0.3 is 21.3 Å². The summed E-state index contributed by atoms with van der Waals surface area (Å²) in [6.07, 6.45) is 4.89. The van der Waals surface area contributed by atoms with Gasteiger partial charge in [-0.25, -0.2) is 13.6 Å². The summed E-state index contributed by atoms with van der Waals surface area (Å²) < 4.78 is 28.2. The van der Waals surface area contributed by atoms with Gasteiger partial charge in [0.15, 0.2) is 0 Å². The standard InChI is InChI=1S/C18H30F2N4O2/c1-2-3-17(19,20)12-13(14(25)23-18(21)6-7-18)22-15(26)24-10-8-16(4-5-16)9-11-24/h13H,2-12,21H2,1H3,(H,22,26)(H,23,25)/t13-/m0/s1. The number of hydrogen-bond donors (Lipinski definition) is 3. The minimum absolute atomic E-state index is 0.310. The third-order valence-corrected chi connectivity index (χ3v) is 5.96. The number of amides is 3. The fourth-order valence-electron chi connectivity index (χ4n) is 3.67. The number of nitrogens with one attached hydrogen (secondary N) is 2. The zero-order chi connectivity index (χ0) is 19.0. The minimum Gasteiger partial charge on any atom is -0.336 e. The molecular weight excluding hydrogens is 342 g/mol. The first-order valence-corrected chi connectivity index (χ1v) is 9.70. The van der Waals surface area contributed by atoms with Crippen molar-refractivity contribution in [3.05, 3.63) is 0 Å². The summed E-state index contributed by atoms with van der Waals surface area (Å²) in [7, 11) is 0. The molecule has 0 aromatic rings. The van der Waals surface area contributed by atoms with E-state index >= 15 is 0 Å². The van der Waals surface area contributed by atoms with Gasteiger partial charge in [-0.3, -0.25) is 4.79 Å². The summed E-state index contributed by atoms with van der Waals surface area (Å²) in [4.78, 5) is 26.6. The molecule has 0 aromatic heterocycles. The average molecular weight is 372 g/mol. The highest BCUT2D eigenvalue weighted by Gasteiger charge is 2.46. The molecule has 4 N–H and O–H groups in total. The number of rotatable bonds is 7. The molecule has 1 heterocycles. The molecule has 3 amide bonds. The van der Waals surface area contributed by atoms with Gasteiger partial charge in [0.25, 0.3) is 5.92 Å². The summed E-state index contributed by atoms with van der Waals surface area (Å²) >= 11 is 0. The van der Waals surface area contributed by atoms with Gasteiger partial charge in [0.2, 0.25) is 5.91 Å². The molecule has 3 rings (SSSR count). The van der Waals surface area contributed by atoms with Crippen LogP contribution in [0.4, 0.5) is 13.6 Å². The number of alkyl halides is 2. The lowest BCUT2D eigenvalue weighted by Gasteiger charge is -2.34. The van der Waals surface area contributed by atoms with Crippen molar-refractivity contribution in [2.45, 2.75) is 82.3 Å². The monoisotopic (exact) mass is 372 g/mol. The Labute approximate surface area is 153 Å². The molecule has 1 saturated heterocycles. The van der Waals surface area contributed by atoms with Crippen LogP contribution in [0.2, 0.25) is 0 Å². The molecule has 1 atom stereocenters.